The van der Waals surface area contributed by atoms with Crippen LogP contribution in [0.1, 0.15) is 60.3 Å². The maximum atomic E-state index is 11.1. The second-order valence-corrected chi connectivity index (χ2v) is 6.43. The minimum atomic E-state index is -2.05. The molecule has 0 rings (SSSR count). The first-order chi connectivity index (χ1) is 10.5. The number of hydrogen-bond acceptors (Lipinski definition) is 4. The van der Waals surface area contributed by atoms with E-state index in [-0.39, 0.29) is 0 Å². The van der Waals surface area contributed by atoms with Crippen molar-refractivity contribution in [2.75, 3.05) is 13.2 Å². The Bertz CT molecular complexity index is 410. The molecule has 0 aliphatic heterocycles. The van der Waals surface area contributed by atoms with Gasteiger partial charge in [0.15, 0.2) is 0 Å². The third-order valence-corrected chi connectivity index (χ3v) is 3.78. The molecule has 5 heteroatoms. The zero-order chi connectivity index (χ0) is 16.8. The van der Waals surface area contributed by atoms with Gasteiger partial charge in [-0.1, -0.05) is 34.9 Å². The third kappa shape index (κ3) is 14.2. The highest BCUT2D eigenvalue weighted by Gasteiger charge is 2.18. The minimum absolute atomic E-state index is 0.380. The molecule has 0 saturated carbocycles. The summed E-state index contributed by atoms with van der Waals surface area (Å²) in [6.07, 6.45) is 11.0. The highest BCUT2D eigenvalue weighted by Crippen LogP contribution is 2.20. The van der Waals surface area contributed by atoms with Crippen LogP contribution in [0.4, 0.5) is 0 Å². The monoisotopic (exact) mass is 328 g/mol. The van der Waals surface area contributed by atoms with Crippen LogP contribution >= 0.6 is 8.25 Å². The summed E-state index contributed by atoms with van der Waals surface area (Å²) in [6, 6.07) is 0. The Morgan fingerprint density at radius 2 is 1.59 bits per heavy atom. The molecule has 0 radical (unpaired) electrons. The van der Waals surface area contributed by atoms with Gasteiger partial charge in [0.05, 0.1) is 0 Å². The van der Waals surface area contributed by atoms with E-state index < -0.39 is 8.25 Å². The van der Waals surface area contributed by atoms with Crippen LogP contribution in [-0.2, 0) is 13.7 Å². The molecule has 0 amide bonds. The maximum Gasteiger partial charge on any atom is 0.716 e. The van der Waals surface area contributed by atoms with Gasteiger partial charge in [0.2, 0.25) is 0 Å². The minimum Gasteiger partial charge on any atom is -0.145 e. The Labute approximate surface area is 136 Å². The highest BCUT2D eigenvalue weighted by atomic mass is 31.1. The van der Waals surface area contributed by atoms with Gasteiger partial charge in [-0.2, -0.15) is 0 Å². The van der Waals surface area contributed by atoms with Gasteiger partial charge in [0, 0.05) is 11.1 Å². The molecule has 0 aromatic heterocycles. The van der Waals surface area contributed by atoms with Gasteiger partial charge < -0.3 is 0 Å². The van der Waals surface area contributed by atoms with Crippen LogP contribution < -0.4 is 5.48 Å². The summed E-state index contributed by atoms with van der Waals surface area (Å²) in [5, 5.41) is 0. The Morgan fingerprint density at radius 3 is 2.18 bits per heavy atom. The molecule has 1 unspecified atom stereocenters. The Morgan fingerprint density at radius 1 is 1.00 bits per heavy atom. The van der Waals surface area contributed by atoms with E-state index in [0.717, 1.165) is 25.7 Å². The van der Waals surface area contributed by atoms with Gasteiger partial charge in [-0.15, -0.1) is 10.0 Å². The Balaban J connectivity index is 3.82. The number of allylic oxidation sites excluding steroid dienone is 5. The molecule has 0 fully saturated rings. The van der Waals surface area contributed by atoms with Crippen molar-refractivity contribution in [3.63, 3.8) is 0 Å². The molecule has 0 bridgehead atoms. The van der Waals surface area contributed by atoms with E-state index in [4.69, 9.17) is 9.15 Å². The van der Waals surface area contributed by atoms with Gasteiger partial charge in [-0.3, -0.25) is 0 Å². The second kappa shape index (κ2) is 13.8. The molecule has 0 aliphatic carbocycles. The number of hydrogen-bond donors (Lipinski definition) is 1. The van der Waals surface area contributed by atoms with Crippen LogP contribution in [-0.4, -0.2) is 13.2 Å². The first-order valence-electron chi connectivity index (χ1n) is 7.90. The van der Waals surface area contributed by atoms with Crippen LogP contribution in [0.2, 0.25) is 0 Å². The fourth-order valence-electron chi connectivity index (χ4n) is 1.78. The summed E-state index contributed by atoms with van der Waals surface area (Å²) in [7, 11) is -2.05. The standard InChI is InChI=1S/C17H31NO3P/c1-6-20-22(19)21-18-14-13-17(5)12-8-11-16(4)10-7-9-15(2)3/h9,11,13,18H,6-8,10,12,14H2,1-5H3/q+1. The zero-order valence-corrected chi connectivity index (χ0v) is 15.5. The van der Waals surface area contributed by atoms with Crippen molar-refractivity contribution in [3.8, 4) is 0 Å². The van der Waals surface area contributed by atoms with Crippen molar-refractivity contribution >= 4 is 8.25 Å². The predicted octanol–water partition coefficient (Wildman–Crippen LogP) is 5.62. The quantitative estimate of drug-likeness (QED) is 0.218. The molecule has 1 atom stereocenters. The Kier molecular flexibility index (Phi) is 13.3. The van der Waals surface area contributed by atoms with Crippen LogP contribution in [0.15, 0.2) is 34.9 Å². The van der Waals surface area contributed by atoms with Crippen molar-refractivity contribution in [2.45, 2.75) is 60.3 Å². The third-order valence-electron chi connectivity index (χ3n) is 3.03. The summed E-state index contributed by atoms with van der Waals surface area (Å²) in [4.78, 5) is 0. The van der Waals surface area contributed by atoms with E-state index >= 15 is 0 Å². The molecule has 0 aliphatic rings. The molecule has 1 N–H and O–H groups in total. The number of hydroxylamine groups is 1. The van der Waals surface area contributed by atoms with E-state index in [1.54, 1.807) is 6.92 Å². The van der Waals surface area contributed by atoms with E-state index in [1.165, 1.54) is 16.7 Å². The lowest BCUT2D eigenvalue weighted by Gasteiger charge is -2.01. The van der Waals surface area contributed by atoms with E-state index in [0.29, 0.717) is 13.2 Å². The lowest BCUT2D eigenvalue weighted by molar-refractivity contribution is 0.168. The average Bonchev–Trinajstić information content (AvgIpc) is 2.43. The molecule has 0 saturated heterocycles. The first kappa shape index (κ1) is 21.2. The predicted molar refractivity (Wildman–Crippen MR) is 93.7 cm³/mol. The molecule has 0 spiro atoms. The summed E-state index contributed by atoms with van der Waals surface area (Å²) >= 11 is 0. The van der Waals surface area contributed by atoms with Crippen molar-refractivity contribution in [1.29, 1.82) is 0 Å². The average molecular weight is 328 g/mol. The molecular formula is C17H31NO3P+. The van der Waals surface area contributed by atoms with E-state index in [2.05, 4.69) is 45.3 Å². The summed E-state index contributed by atoms with van der Waals surface area (Å²) < 4.78 is 20.7. The topological polar surface area (TPSA) is 47.6 Å². The fraction of sp³-hybridized carbons (Fsp3) is 0.647. The summed E-state index contributed by atoms with van der Waals surface area (Å²) in [5.41, 5.74) is 6.75. The highest BCUT2D eigenvalue weighted by molar-refractivity contribution is 7.33. The van der Waals surface area contributed by atoms with Crippen molar-refractivity contribution in [3.05, 3.63) is 34.9 Å². The van der Waals surface area contributed by atoms with Gasteiger partial charge in [0.1, 0.15) is 6.61 Å². The first-order valence-corrected chi connectivity index (χ1v) is 8.99. The van der Waals surface area contributed by atoms with E-state index in [9.17, 15) is 4.57 Å². The second-order valence-electron chi connectivity index (χ2n) is 5.54. The van der Waals surface area contributed by atoms with Crippen LogP contribution in [0.5, 0.6) is 0 Å². The van der Waals surface area contributed by atoms with Crippen LogP contribution in [0.3, 0.4) is 0 Å². The molecular weight excluding hydrogens is 297 g/mol. The SMILES string of the molecule is CCO[P+](=O)ONCC=C(C)CCC=C(C)CCC=C(C)C. The molecule has 0 aromatic rings. The van der Waals surface area contributed by atoms with Crippen molar-refractivity contribution in [1.82, 2.24) is 5.48 Å². The number of rotatable bonds is 12. The molecule has 22 heavy (non-hydrogen) atoms. The normalized spacial score (nSPS) is 13.2. The zero-order valence-electron chi connectivity index (χ0n) is 14.6. The Hall–Kier alpha value is -0.800. The van der Waals surface area contributed by atoms with Crippen molar-refractivity contribution in [2.24, 2.45) is 0 Å². The van der Waals surface area contributed by atoms with Gasteiger partial charge in [-0.05, 0) is 64.9 Å². The van der Waals surface area contributed by atoms with E-state index in [1.807, 2.05) is 6.08 Å². The summed E-state index contributed by atoms with van der Waals surface area (Å²) in [5.74, 6) is 0. The lowest BCUT2D eigenvalue weighted by atomic mass is 10.1. The lowest BCUT2D eigenvalue weighted by Crippen LogP contribution is -2.10. The van der Waals surface area contributed by atoms with Crippen LogP contribution in [0.25, 0.3) is 0 Å². The maximum absolute atomic E-state index is 11.1. The summed E-state index contributed by atoms with van der Waals surface area (Å²) in [6.45, 7) is 11.2. The fourth-order valence-corrected chi connectivity index (χ4v) is 2.22. The largest absolute Gasteiger partial charge is 0.716 e. The van der Waals surface area contributed by atoms with Gasteiger partial charge in [-0.25, -0.2) is 0 Å². The molecule has 0 heterocycles. The van der Waals surface area contributed by atoms with Gasteiger partial charge >= 0.3 is 8.25 Å². The van der Waals surface area contributed by atoms with Gasteiger partial charge in [0.25, 0.3) is 0 Å². The molecule has 4 nitrogen and oxygen atoms in total. The smallest absolute Gasteiger partial charge is 0.145 e. The molecule has 126 valence electrons. The number of nitrogens with one attached hydrogen (secondary N) is 1. The van der Waals surface area contributed by atoms with Crippen molar-refractivity contribution < 1.29 is 13.7 Å². The van der Waals surface area contributed by atoms with Crippen LogP contribution in [0, 0.1) is 0 Å². The molecule has 0 aromatic carbocycles.